The van der Waals surface area contributed by atoms with Crippen LogP contribution in [0, 0.1) is 18.3 Å². The van der Waals surface area contributed by atoms with E-state index < -0.39 is 0 Å². The number of ether oxygens (including phenoxy) is 1. The second-order valence-electron chi connectivity index (χ2n) is 7.48. The number of methoxy groups -OCH3 is 1. The van der Waals surface area contributed by atoms with Gasteiger partial charge in [0.2, 0.25) is 0 Å². The van der Waals surface area contributed by atoms with Gasteiger partial charge in [0.05, 0.1) is 23.8 Å². The molecule has 1 unspecified atom stereocenters. The van der Waals surface area contributed by atoms with E-state index in [1.54, 1.807) is 13.2 Å². The number of nitrogens with one attached hydrogen (secondary N) is 1. The van der Waals surface area contributed by atoms with Crippen LogP contribution in [0.3, 0.4) is 0 Å². The lowest BCUT2D eigenvalue weighted by molar-refractivity contribution is 0.416. The Labute approximate surface area is 154 Å². The Morgan fingerprint density at radius 3 is 2.64 bits per heavy atom. The third-order valence-electron chi connectivity index (χ3n) is 4.89. The first-order valence-electron chi connectivity index (χ1n) is 8.47. The van der Waals surface area contributed by atoms with Crippen LogP contribution >= 0.6 is 11.6 Å². The quantitative estimate of drug-likeness (QED) is 0.730. The minimum absolute atomic E-state index is 0.0421. The second kappa shape index (κ2) is 6.28. The number of nitrogens with zero attached hydrogens (tertiary/aromatic N) is 1. The highest BCUT2D eigenvalue weighted by Crippen LogP contribution is 2.48. The number of fused-ring (bicyclic) bond motifs is 1. The summed E-state index contributed by atoms with van der Waals surface area (Å²) < 4.78 is 5.51. The van der Waals surface area contributed by atoms with E-state index in [4.69, 9.17) is 16.3 Å². The summed E-state index contributed by atoms with van der Waals surface area (Å²) in [5, 5.41) is 13.6. The van der Waals surface area contributed by atoms with Crippen molar-refractivity contribution in [3.8, 4) is 22.9 Å². The van der Waals surface area contributed by atoms with Gasteiger partial charge in [-0.05, 0) is 68.5 Å². The van der Waals surface area contributed by atoms with Crippen LogP contribution in [0.25, 0.3) is 11.1 Å². The van der Waals surface area contributed by atoms with Crippen LogP contribution in [0.5, 0.6) is 5.75 Å². The van der Waals surface area contributed by atoms with Gasteiger partial charge in [0.1, 0.15) is 5.75 Å². The summed E-state index contributed by atoms with van der Waals surface area (Å²) in [5.41, 5.74) is 5.84. The zero-order valence-corrected chi connectivity index (χ0v) is 16.1. The first-order chi connectivity index (χ1) is 11.8. The fourth-order valence-corrected chi connectivity index (χ4v) is 4.33. The molecule has 3 rings (SSSR count). The van der Waals surface area contributed by atoms with Gasteiger partial charge in [0, 0.05) is 22.4 Å². The minimum atomic E-state index is 0.0421. The maximum atomic E-state index is 9.25. The first-order valence-corrected chi connectivity index (χ1v) is 8.85. The molecule has 1 aliphatic rings. The van der Waals surface area contributed by atoms with Crippen LogP contribution in [-0.4, -0.2) is 12.6 Å². The fraction of sp³-hybridized carbons (Fsp3) is 0.381. The third-order valence-corrected chi connectivity index (χ3v) is 5.30. The van der Waals surface area contributed by atoms with Crippen molar-refractivity contribution < 1.29 is 4.74 Å². The van der Waals surface area contributed by atoms with E-state index in [1.807, 2.05) is 12.1 Å². The summed E-state index contributed by atoms with van der Waals surface area (Å²) in [6.07, 6.45) is 1.01. The van der Waals surface area contributed by atoms with Gasteiger partial charge in [-0.15, -0.1) is 0 Å². The van der Waals surface area contributed by atoms with Crippen molar-refractivity contribution in [2.75, 3.05) is 12.4 Å². The van der Waals surface area contributed by atoms with Gasteiger partial charge in [-0.25, -0.2) is 0 Å². The molecule has 0 saturated heterocycles. The molecule has 0 saturated carbocycles. The van der Waals surface area contributed by atoms with E-state index >= 15 is 0 Å². The molecule has 25 heavy (non-hydrogen) atoms. The van der Waals surface area contributed by atoms with E-state index in [0.29, 0.717) is 11.5 Å². The number of benzene rings is 2. The maximum absolute atomic E-state index is 9.25. The number of halogens is 1. The Bertz CT molecular complexity index is 880. The summed E-state index contributed by atoms with van der Waals surface area (Å²) in [6.45, 7) is 8.75. The zero-order chi connectivity index (χ0) is 18.4. The molecule has 0 amide bonds. The summed E-state index contributed by atoms with van der Waals surface area (Å²) in [7, 11) is 1.64. The third kappa shape index (κ3) is 3.07. The average Bonchev–Trinajstić information content (AvgIpc) is 2.56. The SMILES string of the molecule is COc1ccc(C#N)cc1-c1cc(C)c2c(c1Cl)C(C)CC(C)(C)N2. The van der Waals surface area contributed by atoms with Gasteiger partial charge < -0.3 is 10.1 Å². The van der Waals surface area contributed by atoms with E-state index in [0.717, 1.165) is 45.1 Å². The molecule has 0 fully saturated rings. The van der Waals surface area contributed by atoms with E-state index in [2.05, 4.69) is 45.1 Å². The van der Waals surface area contributed by atoms with Gasteiger partial charge >= 0.3 is 0 Å². The molecule has 2 aromatic carbocycles. The van der Waals surface area contributed by atoms with Crippen LogP contribution in [0.2, 0.25) is 5.02 Å². The monoisotopic (exact) mass is 354 g/mol. The molecule has 0 radical (unpaired) electrons. The molecule has 4 heteroatoms. The second-order valence-corrected chi connectivity index (χ2v) is 7.86. The molecule has 3 nitrogen and oxygen atoms in total. The van der Waals surface area contributed by atoms with Crippen molar-refractivity contribution >= 4 is 17.3 Å². The minimum Gasteiger partial charge on any atom is -0.496 e. The molecule has 2 aromatic rings. The van der Waals surface area contributed by atoms with Gasteiger partial charge in [0.25, 0.3) is 0 Å². The Morgan fingerprint density at radius 2 is 2.00 bits per heavy atom. The number of aryl methyl sites for hydroxylation is 1. The lowest BCUT2D eigenvalue weighted by Gasteiger charge is -2.39. The van der Waals surface area contributed by atoms with Gasteiger partial charge in [-0.1, -0.05) is 18.5 Å². The van der Waals surface area contributed by atoms with Crippen molar-refractivity contribution in [1.29, 1.82) is 5.26 Å². The largest absolute Gasteiger partial charge is 0.496 e. The van der Waals surface area contributed by atoms with Crippen LogP contribution in [0.4, 0.5) is 5.69 Å². The lowest BCUT2D eigenvalue weighted by Crippen LogP contribution is -2.37. The van der Waals surface area contributed by atoms with Crippen LogP contribution in [0.1, 0.15) is 49.8 Å². The Hall–Kier alpha value is -2.18. The molecular weight excluding hydrogens is 332 g/mol. The molecule has 0 aliphatic carbocycles. The van der Waals surface area contributed by atoms with Crippen molar-refractivity contribution in [3.63, 3.8) is 0 Å². The molecule has 1 heterocycles. The first kappa shape index (κ1) is 17.6. The molecule has 1 atom stereocenters. The normalized spacial score (nSPS) is 18.0. The Balaban J connectivity index is 2.26. The molecule has 0 spiro atoms. The van der Waals surface area contributed by atoms with Crippen LogP contribution < -0.4 is 10.1 Å². The zero-order valence-electron chi connectivity index (χ0n) is 15.3. The number of hydrogen-bond acceptors (Lipinski definition) is 3. The van der Waals surface area contributed by atoms with E-state index in [1.165, 1.54) is 0 Å². The van der Waals surface area contributed by atoms with Crippen LogP contribution in [0.15, 0.2) is 24.3 Å². The van der Waals surface area contributed by atoms with Gasteiger partial charge in [-0.2, -0.15) is 5.26 Å². The Kier molecular flexibility index (Phi) is 4.43. The van der Waals surface area contributed by atoms with Crippen molar-refractivity contribution in [1.82, 2.24) is 0 Å². The standard InChI is InChI=1S/C21H23ClN2O/c1-12-8-16(15-9-14(11-23)6-7-17(15)25-5)19(22)18-13(2)10-21(3,4)24-20(12)18/h6-9,13,24H,10H2,1-5H3. The van der Waals surface area contributed by atoms with E-state index in [-0.39, 0.29) is 5.54 Å². The molecule has 130 valence electrons. The highest BCUT2D eigenvalue weighted by atomic mass is 35.5. The highest BCUT2D eigenvalue weighted by Gasteiger charge is 2.33. The summed E-state index contributed by atoms with van der Waals surface area (Å²) >= 11 is 6.87. The maximum Gasteiger partial charge on any atom is 0.126 e. The predicted molar refractivity (Wildman–Crippen MR) is 104 cm³/mol. The number of hydrogen-bond donors (Lipinski definition) is 1. The Morgan fingerprint density at radius 1 is 1.28 bits per heavy atom. The average molecular weight is 355 g/mol. The van der Waals surface area contributed by atoms with Crippen molar-refractivity contribution in [3.05, 3.63) is 46.0 Å². The van der Waals surface area contributed by atoms with Gasteiger partial charge in [0.15, 0.2) is 0 Å². The molecule has 1 N–H and O–H groups in total. The smallest absolute Gasteiger partial charge is 0.126 e. The predicted octanol–water partition coefficient (Wildman–Crippen LogP) is 5.89. The number of anilines is 1. The number of nitriles is 1. The molecule has 0 bridgehead atoms. The van der Waals surface area contributed by atoms with Crippen molar-refractivity contribution in [2.45, 2.75) is 45.6 Å². The van der Waals surface area contributed by atoms with E-state index in [9.17, 15) is 5.26 Å². The lowest BCUT2D eigenvalue weighted by atomic mass is 9.79. The molecular formula is C21H23ClN2O. The van der Waals surface area contributed by atoms with Crippen LogP contribution in [-0.2, 0) is 0 Å². The topological polar surface area (TPSA) is 45.0 Å². The van der Waals surface area contributed by atoms with Gasteiger partial charge in [-0.3, -0.25) is 0 Å². The summed E-state index contributed by atoms with van der Waals surface area (Å²) in [5.74, 6) is 1.07. The number of rotatable bonds is 2. The summed E-state index contributed by atoms with van der Waals surface area (Å²) in [4.78, 5) is 0. The molecule has 1 aliphatic heterocycles. The van der Waals surface area contributed by atoms with Crippen molar-refractivity contribution in [2.24, 2.45) is 0 Å². The fourth-order valence-electron chi connectivity index (χ4n) is 3.89. The highest BCUT2D eigenvalue weighted by molar-refractivity contribution is 6.35. The molecule has 0 aromatic heterocycles. The summed E-state index contributed by atoms with van der Waals surface area (Å²) in [6, 6.07) is 9.70.